The van der Waals surface area contributed by atoms with E-state index >= 15 is 4.39 Å². The first-order chi connectivity index (χ1) is 23.2. The Morgan fingerprint density at radius 2 is 1.53 bits per heavy atom. The van der Waals surface area contributed by atoms with E-state index in [0.717, 1.165) is 64.3 Å². The molecule has 0 amide bonds. The summed E-state index contributed by atoms with van der Waals surface area (Å²) in [5, 5.41) is 1.61. The molecule has 1 aliphatic carbocycles. The zero-order valence-electron chi connectivity index (χ0n) is 30.9. The third-order valence-electron chi connectivity index (χ3n) is 9.04. The van der Waals surface area contributed by atoms with Crippen LogP contribution in [-0.4, -0.2) is 0 Å². The predicted octanol–water partition coefficient (Wildman–Crippen LogP) is 11.5. The van der Waals surface area contributed by atoms with Crippen LogP contribution in [0, 0.1) is 18.2 Å². The molecule has 1 aliphatic rings. The van der Waals surface area contributed by atoms with Crippen molar-refractivity contribution >= 4 is 21.9 Å². The lowest BCUT2D eigenvalue weighted by molar-refractivity contribution is -0.660. The Labute approximate surface area is 272 Å². The molecule has 2 aromatic heterocycles. The molecule has 3 heteroatoms. The van der Waals surface area contributed by atoms with Gasteiger partial charge in [-0.2, -0.15) is 0 Å². The quantitative estimate of drug-likeness (QED) is 0.180. The first kappa shape index (κ1) is 25.0. The van der Waals surface area contributed by atoms with E-state index < -0.39 is 17.7 Å². The van der Waals surface area contributed by atoms with Crippen LogP contribution in [0.3, 0.4) is 0 Å². The van der Waals surface area contributed by atoms with E-state index in [1.54, 1.807) is 23.7 Å². The van der Waals surface area contributed by atoms with Gasteiger partial charge in [-0.1, -0.05) is 101 Å². The average molecular weight is 601 g/mol. The first-order valence-corrected chi connectivity index (χ1v) is 16.1. The van der Waals surface area contributed by atoms with Crippen molar-refractivity contribution in [1.29, 1.82) is 0 Å². The number of hydrogen-bond acceptors (Lipinski definition) is 1. The number of rotatable bonds is 5. The molecule has 0 radical (unpaired) electrons. The molecule has 7 rings (SSSR count). The smallest absolute Gasteiger partial charge is 0.216 e. The molecular weight excluding hydrogens is 553 g/mol. The summed E-state index contributed by atoms with van der Waals surface area (Å²) in [6, 6.07) is 26.8. The van der Waals surface area contributed by atoms with Crippen molar-refractivity contribution in [2.24, 2.45) is 12.5 Å². The fourth-order valence-corrected chi connectivity index (χ4v) is 6.85. The average Bonchev–Trinajstić information content (AvgIpc) is 3.44. The molecule has 0 aliphatic heterocycles. The summed E-state index contributed by atoms with van der Waals surface area (Å²) < 4.78 is 59.9. The number of benzene rings is 4. The van der Waals surface area contributed by atoms with Crippen LogP contribution in [0.2, 0.25) is 0 Å². The molecule has 1 fully saturated rings. The maximum absolute atomic E-state index is 15.8. The van der Waals surface area contributed by atoms with Gasteiger partial charge in [-0.3, -0.25) is 0 Å². The third-order valence-corrected chi connectivity index (χ3v) is 9.04. The summed E-state index contributed by atoms with van der Waals surface area (Å²) in [7, 11) is 1.80. The summed E-state index contributed by atoms with van der Waals surface area (Å²) in [6.45, 7) is 7.55. The van der Waals surface area contributed by atoms with Crippen LogP contribution in [-0.2, 0) is 13.4 Å². The highest BCUT2D eigenvalue weighted by Crippen LogP contribution is 2.42. The molecule has 4 aromatic carbocycles. The Morgan fingerprint density at radius 1 is 0.844 bits per heavy atom. The lowest BCUT2D eigenvalue weighted by Crippen LogP contribution is -2.31. The van der Waals surface area contributed by atoms with Crippen LogP contribution in [0.5, 0.6) is 0 Å². The predicted molar refractivity (Wildman–Crippen MR) is 185 cm³/mol. The number of furan rings is 1. The van der Waals surface area contributed by atoms with E-state index in [0.29, 0.717) is 33.6 Å². The number of aryl methyl sites for hydroxylation is 1. The minimum atomic E-state index is -1.69. The Hall–Kier alpha value is -4.24. The minimum Gasteiger partial charge on any atom is -0.454 e. The summed E-state index contributed by atoms with van der Waals surface area (Å²) in [5.74, 6) is -0.920. The van der Waals surface area contributed by atoms with Crippen LogP contribution < -0.4 is 4.57 Å². The van der Waals surface area contributed by atoms with Gasteiger partial charge in [0.25, 0.3) is 0 Å². The van der Waals surface area contributed by atoms with Crippen molar-refractivity contribution in [3.05, 3.63) is 114 Å². The van der Waals surface area contributed by atoms with Gasteiger partial charge in [-0.05, 0) is 83.0 Å². The number of nitrogens with zero attached hydrogens (tertiary/aromatic N) is 1. The van der Waals surface area contributed by atoms with E-state index in [-0.39, 0.29) is 12.0 Å². The summed E-state index contributed by atoms with van der Waals surface area (Å²) in [4.78, 5) is 0. The van der Waals surface area contributed by atoms with Gasteiger partial charge in [0.05, 0.1) is 11.1 Å². The van der Waals surface area contributed by atoms with Gasteiger partial charge >= 0.3 is 0 Å². The minimum absolute atomic E-state index is 0.183. The van der Waals surface area contributed by atoms with Crippen LogP contribution in [0.15, 0.2) is 95.5 Å². The molecule has 0 spiro atoms. The van der Waals surface area contributed by atoms with Crippen molar-refractivity contribution in [3.8, 4) is 33.5 Å². The molecule has 0 saturated heterocycles. The van der Waals surface area contributed by atoms with Gasteiger partial charge in [-0.25, -0.2) is 8.96 Å². The molecule has 0 bridgehead atoms. The van der Waals surface area contributed by atoms with Crippen LogP contribution in [0.4, 0.5) is 4.39 Å². The van der Waals surface area contributed by atoms with Crippen molar-refractivity contribution in [2.75, 3.05) is 0 Å². The summed E-state index contributed by atoms with van der Waals surface area (Å²) in [5.41, 5.74) is 7.27. The molecule has 228 valence electrons. The van der Waals surface area contributed by atoms with Crippen LogP contribution in [0.1, 0.15) is 80.9 Å². The van der Waals surface area contributed by atoms with Gasteiger partial charge in [0.1, 0.15) is 25.4 Å². The van der Waals surface area contributed by atoms with E-state index in [1.807, 2.05) is 76.2 Å². The van der Waals surface area contributed by atoms with Crippen molar-refractivity contribution in [2.45, 2.75) is 72.1 Å². The molecule has 45 heavy (non-hydrogen) atoms. The number of fused-ring (bicyclic) bond motifs is 3. The number of halogens is 1. The SMILES string of the molecule is [2H]c1cc(C([2H])([2H])C(C)(C)C)cc(-c2c(C)ccc3c2oc2c(-c4ccc(-c5cccc(C6([2H])CCCCC6)c5)cc4)c(F)ccc23)[n+]1C. The Balaban J connectivity index is 1.35. The zero-order chi connectivity index (χ0) is 34.9. The Morgan fingerprint density at radius 3 is 2.27 bits per heavy atom. The topological polar surface area (TPSA) is 17.0 Å². The van der Waals surface area contributed by atoms with Crippen LogP contribution >= 0.6 is 0 Å². The summed E-state index contributed by atoms with van der Waals surface area (Å²) >= 11 is 0. The molecule has 0 N–H and O–H groups in total. The largest absolute Gasteiger partial charge is 0.454 e. The van der Waals surface area contributed by atoms with Crippen LogP contribution in [0.25, 0.3) is 55.4 Å². The van der Waals surface area contributed by atoms with Gasteiger partial charge in [0.2, 0.25) is 5.69 Å². The lowest BCUT2D eigenvalue weighted by atomic mass is 9.83. The fraction of sp³-hybridized carbons (Fsp3) is 0.310. The Bertz CT molecular complexity index is 2220. The highest BCUT2D eigenvalue weighted by Gasteiger charge is 2.24. The van der Waals surface area contributed by atoms with Crippen molar-refractivity contribution in [3.63, 3.8) is 0 Å². The molecule has 6 aromatic rings. The normalized spacial score (nSPS) is 16.8. The van der Waals surface area contributed by atoms with Crippen molar-refractivity contribution in [1.82, 2.24) is 0 Å². The van der Waals surface area contributed by atoms with E-state index in [2.05, 4.69) is 18.2 Å². The molecule has 1 saturated carbocycles. The fourth-order valence-electron chi connectivity index (χ4n) is 6.85. The molecule has 0 unspecified atom stereocenters. The number of aromatic nitrogens is 1. The van der Waals surface area contributed by atoms with Gasteiger partial charge in [0, 0.05) is 27.0 Å². The molecule has 2 nitrogen and oxygen atoms in total. The highest BCUT2D eigenvalue weighted by atomic mass is 19.1. The van der Waals surface area contributed by atoms with Gasteiger partial charge in [-0.15, -0.1) is 0 Å². The monoisotopic (exact) mass is 600 g/mol. The highest BCUT2D eigenvalue weighted by molar-refractivity contribution is 6.13. The van der Waals surface area contributed by atoms with Crippen molar-refractivity contribution < 1.29 is 18.9 Å². The van der Waals surface area contributed by atoms with E-state index in [9.17, 15) is 0 Å². The van der Waals surface area contributed by atoms with Gasteiger partial charge in [0.15, 0.2) is 6.17 Å². The second-order valence-electron chi connectivity index (χ2n) is 13.6. The van der Waals surface area contributed by atoms with E-state index in [1.165, 1.54) is 12.5 Å². The van der Waals surface area contributed by atoms with E-state index in [4.69, 9.17) is 9.90 Å². The number of pyridine rings is 1. The maximum Gasteiger partial charge on any atom is 0.216 e. The first-order valence-electron chi connectivity index (χ1n) is 18.1. The molecular formula is C42H43FNO+. The second kappa shape index (κ2) is 11.6. The molecule has 2 heterocycles. The summed E-state index contributed by atoms with van der Waals surface area (Å²) in [6.07, 6.45) is 3.64. The van der Waals surface area contributed by atoms with Gasteiger partial charge < -0.3 is 4.42 Å². The standard InChI is InChI=1S/C42H43FNO/c1-27-14-19-34-35-20-21-36(43)39(41(35)45-40(34)38(27)37-24-28(22-23-44(37)5)26-42(2,3)4)31-17-15-30(16-18-31)33-13-9-12-32(25-33)29-10-7-6-8-11-29/h9,12-25,29H,6-8,10-11,26H2,1-5H3/q+1/i23D,26D2,29D. The number of hydrogen-bond donors (Lipinski definition) is 0. The third kappa shape index (κ3) is 5.70. The maximum atomic E-state index is 15.8. The lowest BCUT2D eigenvalue weighted by Gasteiger charge is -2.22. The molecule has 0 atom stereocenters. The zero-order valence-corrected chi connectivity index (χ0v) is 26.9. The Kier molecular flexibility index (Phi) is 6.45. The second-order valence-corrected chi connectivity index (χ2v) is 13.6.